The zero-order chi connectivity index (χ0) is 15.9. The van der Waals surface area contributed by atoms with Crippen LogP contribution < -0.4 is 10.2 Å². The number of nitrogens with one attached hydrogen (secondary N) is 1. The highest BCUT2D eigenvalue weighted by atomic mass is 79.9. The maximum Gasteiger partial charge on any atom is 0.280 e. The third-order valence-corrected chi connectivity index (χ3v) is 3.31. The van der Waals surface area contributed by atoms with Crippen molar-refractivity contribution in [3.8, 4) is 11.5 Å². The number of ether oxygens (including phenoxy) is 1. The van der Waals surface area contributed by atoms with Crippen LogP contribution in [0.15, 0.2) is 58.1 Å². The highest BCUT2D eigenvalue weighted by Crippen LogP contribution is 2.17. The van der Waals surface area contributed by atoms with Gasteiger partial charge in [-0.1, -0.05) is 15.9 Å². The van der Waals surface area contributed by atoms with Gasteiger partial charge in [0.2, 0.25) is 0 Å². The molecule has 0 bridgehead atoms. The lowest BCUT2D eigenvalue weighted by molar-refractivity contribution is -0.127. The van der Waals surface area contributed by atoms with E-state index in [4.69, 9.17) is 9.84 Å². The molecule has 0 heterocycles. The van der Waals surface area contributed by atoms with Gasteiger partial charge in [0.05, 0.1) is 6.21 Å². The number of nitrogens with zero attached hydrogens (tertiary/aromatic N) is 1. The van der Waals surface area contributed by atoms with E-state index in [2.05, 4.69) is 26.5 Å². The van der Waals surface area contributed by atoms with E-state index in [0.717, 1.165) is 10.0 Å². The van der Waals surface area contributed by atoms with Gasteiger partial charge in [0.25, 0.3) is 5.91 Å². The number of benzene rings is 2. The van der Waals surface area contributed by atoms with Crippen LogP contribution in [-0.4, -0.2) is 23.3 Å². The van der Waals surface area contributed by atoms with Crippen LogP contribution in [0, 0.1) is 0 Å². The van der Waals surface area contributed by atoms with Crippen molar-refractivity contribution in [1.82, 2.24) is 5.43 Å². The van der Waals surface area contributed by atoms with Crippen molar-refractivity contribution in [2.75, 3.05) is 0 Å². The Morgan fingerprint density at radius 3 is 2.50 bits per heavy atom. The van der Waals surface area contributed by atoms with Crippen LogP contribution in [0.2, 0.25) is 0 Å². The summed E-state index contributed by atoms with van der Waals surface area (Å²) >= 11 is 3.33. The van der Waals surface area contributed by atoms with Crippen LogP contribution >= 0.6 is 15.9 Å². The molecule has 1 amide bonds. The molecule has 0 spiro atoms. The van der Waals surface area contributed by atoms with Crippen molar-refractivity contribution in [3.05, 3.63) is 58.6 Å². The summed E-state index contributed by atoms with van der Waals surface area (Å²) in [5.74, 6) is 0.434. The number of amides is 1. The minimum Gasteiger partial charge on any atom is -0.508 e. The summed E-state index contributed by atoms with van der Waals surface area (Å²) in [6.45, 7) is 1.65. The fourth-order valence-corrected chi connectivity index (χ4v) is 1.86. The summed E-state index contributed by atoms with van der Waals surface area (Å²) < 4.78 is 6.45. The van der Waals surface area contributed by atoms with E-state index < -0.39 is 6.10 Å². The van der Waals surface area contributed by atoms with E-state index in [1.54, 1.807) is 43.3 Å². The van der Waals surface area contributed by atoms with Gasteiger partial charge in [-0.3, -0.25) is 4.79 Å². The number of hydrogen-bond donors (Lipinski definition) is 2. The molecule has 22 heavy (non-hydrogen) atoms. The van der Waals surface area contributed by atoms with Gasteiger partial charge in [-0.05, 0) is 61.0 Å². The van der Waals surface area contributed by atoms with Crippen LogP contribution in [0.1, 0.15) is 12.5 Å². The standard InChI is InChI=1S/C16H15BrN2O3/c1-11(22-15-8-4-13(17)5-9-15)16(21)19-18-10-12-2-6-14(20)7-3-12/h2-11,20H,1H3,(H,19,21)/b18-10-/t11-/m0/s1. The smallest absolute Gasteiger partial charge is 0.280 e. The van der Waals surface area contributed by atoms with Crippen molar-refractivity contribution >= 4 is 28.1 Å². The second kappa shape index (κ2) is 7.61. The van der Waals surface area contributed by atoms with Gasteiger partial charge in [0.1, 0.15) is 11.5 Å². The lowest BCUT2D eigenvalue weighted by Gasteiger charge is -2.12. The summed E-state index contributed by atoms with van der Waals surface area (Å²) in [7, 11) is 0. The van der Waals surface area contributed by atoms with Crippen LogP contribution in [-0.2, 0) is 4.79 Å². The fourth-order valence-electron chi connectivity index (χ4n) is 1.59. The second-order valence-electron chi connectivity index (χ2n) is 4.54. The SMILES string of the molecule is C[C@H](Oc1ccc(Br)cc1)C(=O)N/N=C\c1ccc(O)cc1. The molecule has 0 saturated carbocycles. The Labute approximate surface area is 136 Å². The van der Waals surface area contributed by atoms with Crippen molar-refractivity contribution in [2.45, 2.75) is 13.0 Å². The molecule has 0 aromatic heterocycles. The Hall–Kier alpha value is -2.34. The Morgan fingerprint density at radius 2 is 1.86 bits per heavy atom. The molecule has 0 aliphatic rings. The normalized spacial score (nSPS) is 12.1. The van der Waals surface area contributed by atoms with Crippen molar-refractivity contribution in [3.63, 3.8) is 0 Å². The third-order valence-electron chi connectivity index (χ3n) is 2.78. The highest BCUT2D eigenvalue weighted by molar-refractivity contribution is 9.10. The number of aromatic hydroxyl groups is 1. The maximum atomic E-state index is 11.9. The Morgan fingerprint density at radius 1 is 1.23 bits per heavy atom. The van der Waals surface area contributed by atoms with Gasteiger partial charge in [-0.25, -0.2) is 5.43 Å². The summed E-state index contributed by atoms with van der Waals surface area (Å²) in [5, 5.41) is 13.0. The zero-order valence-electron chi connectivity index (χ0n) is 11.9. The van der Waals surface area contributed by atoms with E-state index in [9.17, 15) is 4.79 Å². The molecule has 0 unspecified atom stereocenters. The maximum absolute atomic E-state index is 11.9. The molecular weight excluding hydrogens is 348 g/mol. The van der Waals surface area contributed by atoms with Crippen molar-refractivity contribution in [2.24, 2.45) is 5.10 Å². The van der Waals surface area contributed by atoms with Crippen LogP contribution in [0.3, 0.4) is 0 Å². The molecule has 0 saturated heterocycles. The van der Waals surface area contributed by atoms with Crippen LogP contribution in [0.5, 0.6) is 11.5 Å². The van der Waals surface area contributed by atoms with E-state index in [1.807, 2.05) is 12.1 Å². The predicted octanol–water partition coefficient (Wildman–Crippen LogP) is 3.07. The van der Waals surface area contributed by atoms with Crippen molar-refractivity contribution in [1.29, 1.82) is 0 Å². The quantitative estimate of drug-likeness (QED) is 0.634. The Bertz CT molecular complexity index is 654. The molecule has 2 N–H and O–H groups in total. The summed E-state index contributed by atoms with van der Waals surface area (Å²) in [6.07, 6.45) is 0.821. The molecule has 2 rings (SSSR count). The molecule has 0 radical (unpaired) electrons. The summed E-state index contributed by atoms with van der Waals surface area (Å²) in [6, 6.07) is 13.7. The molecule has 2 aromatic rings. The number of phenols is 1. The van der Waals surface area contributed by atoms with Crippen LogP contribution in [0.25, 0.3) is 0 Å². The first-order valence-electron chi connectivity index (χ1n) is 6.59. The minimum atomic E-state index is -0.668. The zero-order valence-corrected chi connectivity index (χ0v) is 13.4. The number of hydrazone groups is 1. The number of halogens is 1. The first-order chi connectivity index (χ1) is 10.5. The lowest BCUT2D eigenvalue weighted by Crippen LogP contribution is -2.33. The number of hydrogen-bond acceptors (Lipinski definition) is 4. The average Bonchev–Trinajstić information content (AvgIpc) is 2.51. The monoisotopic (exact) mass is 362 g/mol. The molecule has 114 valence electrons. The topological polar surface area (TPSA) is 70.9 Å². The van der Waals surface area contributed by atoms with Gasteiger partial charge in [-0.15, -0.1) is 0 Å². The summed E-state index contributed by atoms with van der Waals surface area (Å²) in [4.78, 5) is 11.9. The fraction of sp³-hybridized carbons (Fsp3) is 0.125. The van der Waals surface area contributed by atoms with Gasteiger partial charge in [0, 0.05) is 4.47 Å². The van der Waals surface area contributed by atoms with Crippen molar-refractivity contribution < 1.29 is 14.6 Å². The van der Waals surface area contributed by atoms with Gasteiger partial charge >= 0.3 is 0 Å². The van der Waals surface area contributed by atoms with E-state index in [1.165, 1.54) is 6.21 Å². The van der Waals surface area contributed by atoms with Gasteiger partial charge < -0.3 is 9.84 Å². The molecule has 1 atom stereocenters. The Kier molecular flexibility index (Phi) is 5.55. The third kappa shape index (κ3) is 4.89. The van der Waals surface area contributed by atoms with Crippen LogP contribution in [0.4, 0.5) is 0 Å². The first-order valence-corrected chi connectivity index (χ1v) is 7.38. The first kappa shape index (κ1) is 16.0. The Balaban J connectivity index is 1.85. The lowest BCUT2D eigenvalue weighted by atomic mass is 10.2. The number of phenolic OH excluding ortho intramolecular Hbond substituents is 1. The molecule has 0 aliphatic carbocycles. The molecule has 5 nitrogen and oxygen atoms in total. The molecule has 2 aromatic carbocycles. The number of carbonyl (C=O) groups is 1. The molecule has 0 aliphatic heterocycles. The number of carbonyl (C=O) groups excluding carboxylic acids is 1. The summed E-state index contributed by atoms with van der Waals surface area (Å²) in [5.41, 5.74) is 3.17. The number of rotatable bonds is 5. The molecule has 0 fully saturated rings. The molecular formula is C16H15BrN2O3. The van der Waals surface area contributed by atoms with Gasteiger partial charge in [-0.2, -0.15) is 5.10 Å². The van der Waals surface area contributed by atoms with Gasteiger partial charge in [0.15, 0.2) is 6.10 Å². The predicted molar refractivity (Wildman–Crippen MR) is 88.1 cm³/mol. The van der Waals surface area contributed by atoms with E-state index >= 15 is 0 Å². The largest absolute Gasteiger partial charge is 0.508 e. The average molecular weight is 363 g/mol. The van der Waals surface area contributed by atoms with E-state index in [-0.39, 0.29) is 11.7 Å². The molecule has 6 heteroatoms. The highest BCUT2D eigenvalue weighted by Gasteiger charge is 2.13. The second-order valence-corrected chi connectivity index (χ2v) is 5.46. The minimum absolute atomic E-state index is 0.178. The van der Waals surface area contributed by atoms with E-state index in [0.29, 0.717) is 5.75 Å².